The van der Waals surface area contributed by atoms with E-state index in [1.807, 2.05) is 36.4 Å². The summed E-state index contributed by atoms with van der Waals surface area (Å²) in [4.78, 5) is 43.2. The zero-order valence-electron chi connectivity index (χ0n) is 20.3. The first-order valence-corrected chi connectivity index (χ1v) is 13.3. The Hall–Kier alpha value is -4.22. The summed E-state index contributed by atoms with van der Waals surface area (Å²) in [6.45, 7) is 3.52. The molecule has 0 saturated carbocycles. The van der Waals surface area contributed by atoms with Crippen LogP contribution >= 0.6 is 23.1 Å². The number of hydrogen-bond acceptors (Lipinski definition) is 9. The second kappa shape index (κ2) is 10.6. The van der Waals surface area contributed by atoms with Crippen molar-refractivity contribution in [3.8, 4) is 0 Å². The number of carbonyl (C=O) groups is 1. The van der Waals surface area contributed by atoms with E-state index in [-0.39, 0.29) is 23.4 Å². The molecule has 0 aliphatic carbocycles. The van der Waals surface area contributed by atoms with Gasteiger partial charge in [-0.2, -0.15) is 0 Å². The number of thiazole rings is 1. The fourth-order valence-electron chi connectivity index (χ4n) is 4.09. The van der Waals surface area contributed by atoms with E-state index in [9.17, 15) is 19.7 Å². The van der Waals surface area contributed by atoms with E-state index in [2.05, 4.69) is 4.99 Å². The van der Waals surface area contributed by atoms with Gasteiger partial charge in [0.25, 0.3) is 11.2 Å². The summed E-state index contributed by atoms with van der Waals surface area (Å²) < 4.78 is 13.0. The summed E-state index contributed by atoms with van der Waals surface area (Å²) in [5.41, 5.74) is 0.695. The molecule has 0 amide bonds. The molecule has 1 aliphatic heterocycles. The lowest BCUT2D eigenvalue weighted by Gasteiger charge is -2.24. The van der Waals surface area contributed by atoms with Gasteiger partial charge in [0.1, 0.15) is 5.76 Å². The highest BCUT2D eigenvalue weighted by Crippen LogP contribution is 2.32. The number of non-ortho nitro benzene ring substituents is 1. The normalized spacial score (nSPS) is 15.2. The highest BCUT2D eigenvalue weighted by Gasteiger charge is 2.33. The van der Waals surface area contributed by atoms with Crippen LogP contribution in [0.5, 0.6) is 0 Å². The van der Waals surface area contributed by atoms with E-state index in [1.165, 1.54) is 51.9 Å². The molecule has 1 atom stereocenters. The van der Waals surface area contributed by atoms with Gasteiger partial charge in [0.2, 0.25) is 0 Å². The van der Waals surface area contributed by atoms with Crippen molar-refractivity contribution in [2.75, 3.05) is 6.61 Å². The first-order valence-electron chi connectivity index (χ1n) is 11.6. The first-order chi connectivity index (χ1) is 18.4. The highest BCUT2D eigenvalue weighted by molar-refractivity contribution is 7.99. The molecule has 11 heteroatoms. The summed E-state index contributed by atoms with van der Waals surface area (Å²) in [5, 5.41) is 11.9. The van der Waals surface area contributed by atoms with Crippen LogP contribution in [0.15, 0.2) is 102 Å². The molecule has 38 heavy (non-hydrogen) atoms. The Morgan fingerprint density at radius 2 is 1.92 bits per heavy atom. The first kappa shape index (κ1) is 25.4. The Bertz CT molecular complexity index is 1730. The molecule has 1 aliphatic rings. The third kappa shape index (κ3) is 4.98. The van der Waals surface area contributed by atoms with Crippen molar-refractivity contribution in [3.63, 3.8) is 0 Å². The van der Waals surface area contributed by atoms with Crippen LogP contribution in [0.1, 0.15) is 31.2 Å². The zero-order chi connectivity index (χ0) is 26.8. The molecule has 0 radical (unpaired) electrons. The second-order valence-corrected chi connectivity index (χ2v) is 10.3. The van der Waals surface area contributed by atoms with Gasteiger partial charge in [0.05, 0.1) is 33.4 Å². The van der Waals surface area contributed by atoms with Crippen LogP contribution < -0.4 is 14.9 Å². The maximum Gasteiger partial charge on any atom is 0.338 e. The quantitative estimate of drug-likeness (QED) is 0.191. The zero-order valence-corrected chi connectivity index (χ0v) is 22.0. The number of carbonyl (C=O) groups excluding carboxylic acids is 1. The number of hydrogen-bond donors (Lipinski definition) is 0. The number of allylic oxidation sites excluding steroid dienone is 1. The molecule has 0 fully saturated rings. The topological polar surface area (TPSA) is 117 Å². The van der Waals surface area contributed by atoms with Gasteiger partial charge in [-0.25, -0.2) is 9.79 Å². The third-order valence-corrected chi connectivity index (χ3v) is 7.69. The van der Waals surface area contributed by atoms with Crippen LogP contribution in [-0.2, 0) is 9.53 Å². The van der Waals surface area contributed by atoms with Crippen LogP contribution in [0, 0.1) is 10.1 Å². The molecule has 4 aromatic rings. The van der Waals surface area contributed by atoms with Crippen molar-refractivity contribution in [1.82, 2.24) is 4.57 Å². The molecule has 9 nitrogen and oxygen atoms in total. The molecule has 5 rings (SSSR count). The van der Waals surface area contributed by atoms with Gasteiger partial charge in [-0.1, -0.05) is 41.3 Å². The molecule has 0 N–H and O–H groups in total. The van der Waals surface area contributed by atoms with E-state index < -0.39 is 16.9 Å². The van der Waals surface area contributed by atoms with Gasteiger partial charge in [0.15, 0.2) is 9.89 Å². The molecule has 0 spiro atoms. The Kier molecular flexibility index (Phi) is 7.12. The lowest BCUT2D eigenvalue weighted by Crippen LogP contribution is -2.39. The summed E-state index contributed by atoms with van der Waals surface area (Å²) in [7, 11) is 0. The molecule has 2 aromatic carbocycles. The molecule has 2 aromatic heterocycles. The summed E-state index contributed by atoms with van der Waals surface area (Å²) in [6, 6.07) is 18.3. The fourth-order valence-corrected chi connectivity index (χ4v) is 5.91. The van der Waals surface area contributed by atoms with E-state index in [0.29, 0.717) is 31.4 Å². The average molecular weight is 548 g/mol. The van der Waals surface area contributed by atoms with Gasteiger partial charge < -0.3 is 9.15 Å². The lowest BCUT2D eigenvalue weighted by molar-refractivity contribution is -0.384. The number of nitro benzene ring substituents is 1. The van der Waals surface area contributed by atoms with Gasteiger partial charge >= 0.3 is 5.97 Å². The van der Waals surface area contributed by atoms with Gasteiger partial charge in [0, 0.05) is 23.1 Å². The number of nitrogens with zero attached hydrogens (tertiary/aromatic N) is 3. The molecule has 0 bridgehead atoms. The SMILES string of the molecule is CCOC(=O)C1=C(C)N=c2s/c(=C/c3ccc(Sc4ccccc4)o3)c(=O)n2[C@@H]1c1ccc([N+](=O)[O-])cc1. The van der Waals surface area contributed by atoms with E-state index >= 15 is 0 Å². The van der Waals surface area contributed by atoms with Crippen molar-refractivity contribution < 1.29 is 18.9 Å². The van der Waals surface area contributed by atoms with Crippen molar-refractivity contribution >= 4 is 40.8 Å². The second-order valence-electron chi connectivity index (χ2n) is 8.22. The molecule has 0 unspecified atom stereocenters. The van der Waals surface area contributed by atoms with Crippen molar-refractivity contribution in [3.05, 3.63) is 119 Å². The molecule has 3 heterocycles. The van der Waals surface area contributed by atoms with Crippen LogP contribution in [0.3, 0.4) is 0 Å². The number of esters is 1. The van der Waals surface area contributed by atoms with Crippen LogP contribution in [0.4, 0.5) is 5.69 Å². The minimum Gasteiger partial charge on any atom is -0.463 e. The fraction of sp³-hybridized carbons (Fsp3) is 0.148. The molecule has 192 valence electrons. The summed E-state index contributed by atoms with van der Waals surface area (Å²) in [6.07, 6.45) is 1.65. The van der Waals surface area contributed by atoms with Crippen molar-refractivity contribution in [2.24, 2.45) is 4.99 Å². The Balaban J connectivity index is 1.59. The Morgan fingerprint density at radius 1 is 1.18 bits per heavy atom. The van der Waals surface area contributed by atoms with Gasteiger partial charge in [-0.3, -0.25) is 19.5 Å². The van der Waals surface area contributed by atoms with Crippen LogP contribution in [-0.4, -0.2) is 22.1 Å². The monoisotopic (exact) mass is 547 g/mol. The highest BCUT2D eigenvalue weighted by atomic mass is 32.2. The summed E-state index contributed by atoms with van der Waals surface area (Å²) >= 11 is 2.64. The number of fused-ring (bicyclic) bond motifs is 1. The van der Waals surface area contributed by atoms with E-state index in [4.69, 9.17) is 9.15 Å². The predicted molar refractivity (Wildman–Crippen MR) is 143 cm³/mol. The largest absolute Gasteiger partial charge is 0.463 e. The van der Waals surface area contributed by atoms with E-state index in [0.717, 1.165) is 4.90 Å². The average Bonchev–Trinajstić information content (AvgIpc) is 3.47. The predicted octanol–water partition coefficient (Wildman–Crippen LogP) is 4.45. The van der Waals surface area contributed by atoms with Gasteiger partial charge in [-0.15, -0.1) is 0 Å². The maximum atomic E-state index is 13.7. The number of ether oxygens (including phenoxy) is 1. The number of benzene rings is 2. The van der Waals surface area contributed by atoms with Gasteiger partial charge in [-0.05, 0) is 55.8 Å². The standard InChI is InChI=1S/C27H21N3O6S2/c1-3-35-26(32)23-16(2)28-27-29(24(23)17-9-11-18(12-10-17)30(33)34)25(31)21(38-27)15-19-13-14-22(36-19)37-20-7-5-4-6-8-20/h4-15,24H,3H2,1-2H3/b21-15+/t24-/m1/s1. The van der Waals surface area contributed by atoms with Crippen molar-refractivity contribution in [1.29, 1.82) is 0 Å². The minimum absolute atomic E-state index is 0.0958. The number of nitro groups is 1. The van der Waals surface area contributed by atoms with E-state index in [1.54, 1.807) is 26.0 Å². The molecular formula is C27H21N3O6S2. The number of aromatic nitrogens is 1. The van der Waals surface area contributed by atoms with Crippen LogP contribution in [0.25, 0.3) is 6.08 Å². The Morgan fingerprint density at radius 3 is 2.61 bits per heavy atom. The lowest BCUT2D eigenvalue weighted by atomic mass is 9.95. The Labute approximate surface area is 224 Å². The maximum absolute atomic E-state index is 13.7. The summed E-state index contributed by atoms with van der Waals surface area (Å²) in [5.74, 6) is -0.0955. The number of furan rings is 1. The third-order valence-electron chi connectivity index (χ3n) is 5.77. The van der Waals surface area contributed by atoms with Crippen LogP contribution in [0.2, 0.25) is 0 Å². The number of rotatable bonds is 7. The minimum atomic E-state index is -0.853. The smallest absolute Gasteiger partial charge is 0.338 e. The molecule has 0 saturated heterocycles. The molecular weight excluding hydrogens is 526 g/mol. The van der Waals surface area contributed by atoms with Crippen molar-refractivity contribution in [2.45, 2.75) is 29.9 Å².